The number of hydrogen-bond acceptors (Lipinski definition) is 7. The van der Waals surface area contributed by atoms with Gasteiger partial charge in [0.2, 0.25) is 0 Å². The van der Waals surface area contributed by atoms with Crippen LogP contribution in [-0.4, -0.2) is 76.5 Å². The van der Waals surface area contributed by atoms with Crippen molar-refractivity contribution in [2.75, 3.05) is 32.7 Å². The van der Waals surface area contributed by atoms with Crippen molar-refractivity contribution in [3.05, 3.63) is 150 Å². The number of fused-ring (bicyclic) bond motifs is 2. The second-order valence-corrected chi connectivity index (χ2v) is 29.6. The largest absolute Gasteiger partial charge is 0.481 e. The number of H-pyrrole nitrogens is 2. The highest BCUT2D eigenvalue weighted by molar-refractivity contribution is 5.84. The molecular weight excluding hydrogens is 1180 g/mol. The maximum Gasteiger partial charge on any atom is 0.303 e. The number of carboxylic acid groups (broad SMARTS) is 1. The lowest BCUT2D eigenvalue weighted by Gasteiger charge is -2.33. The van der Waals surface area contributed by atoms with Crippen LogP contribution < -0.4 is 34.4 Å². The Hall–Kier alpha value is -6.25. The Morgan fingerprint density at radius 1 is 0.573 bits per heavy atom. The molecule has 0 saturated carbocycles. The van der Waals surface area contributed by atoms with Gasteiger partial charge in [-0.25, -0.2) is 0 Å². The first-order chi connectivity index (χ1) is 45.0. The van der Waals surface area contributed by atoms with E-state index in [0.29, 0.717) is 42.0 Å². The molecular formula is C83H149N11O2. The third-order valence-electron chi connectivity index (χ3n) is 14.7. The fourth-order valence-electron chi connectivity index (χ4n) is 8.65. The minimum atomic E-state index is -0.713. The molecule has 1 fully saturated rings. The third-order valence-corrected chi connectivity index (χ3v) is 14.7. The van der Waals surface area contributed by atoms with E-state index >= 15 is 0 Å². The first-order valence-corrected chi connectivity index (χ1v) is 36.4. The molecule has 0 aliphatic carbocycles. The standard InChI is InChI=1S/C12H15N.C11H13N.C11H14.C9H19N3.C9H12.C8H18N2.C5H14N2.C5H13N.C5H10O2.C4H11N.C4H10/c1-9(2)7-10-8-13-12-6-4-3-5-11(10)12;1-8(2)10-7-12-11-6-4-3-5-9(10)11;1-10(2)8-9-11-6-4-3-5-7-11;1-7(2)8-3-5-12(6-4-8)9(10)11;1-8(2)9-6-4-3-5-7-9;1-7(2)5-3-4-6-8(9)10;1-4(2)5(7)3-6;1-5(2)3-4-6;1-4(2)3-5(6)7;1-4(2)3-5;1-4(2)3/h3-6,8-9,13H,7H2,1-2H3;3-8,12H,1-2H3;3-10H,1-2H3;7-8H,3-6H2,1-2H3,(H3,10,11);3-8H,1-2H3;7H,3-6H2,1-2H3,(H3,9,10);4-5H,3,6-7H2,1-2H3;5H,3-4,6H2,1-2H3;4H,3H2,1-2H3,(H,6,7);4H,3,5H2,1-2H3;4H,1-3H3/b;;9-8-;;;;;;;;. The molecule has 0 radical (unpaired) electrons. The summed E-state index contributed by atoms with van der Waals surface area (Å²) in [6, 6.07) is 38.0. The SMILES string of the molecule is CC(C)/C=C\c1ccccc1.CC(C)C.CC(C)C(N)CN.CC(C)C1CCN(C(=N)N)CC1.CC(C)CC(=O)O.CC(C)CCCCC(=N)N.CC(C)CCN.CC(C)CN.CC(C)Cc1c[nH]c2ccccc12.CC(C)c1c[nH]c2ccccc12.CC(C)c1ccccc1. The zero-order valence-corrected chi connectivity index (χ0v) is 65.4. The van der Waals surface area contributed by atoms with E-state index in [1.807, 2.05) is 30.9 Å². The summed E-state index contributed by atoms with van der Waals surface area (Å²) in [6.07, 6.45) is 17.9. The Morgan fingerprint density at radius 3 is 1.36 bits per heavy atom. The molecule has 1 atom stereocenters. The molecule has 0 bridgehead atoms. The van der Waals surface area contributed by atoms with Crippen LogP contribution in [-0.2, 0) is 11.2 Å². The molecule has 96 heavy (non-hydrogen) atoms. The van der Waals surface area contributed by atoms with E-state index in [-0.39, 0.29) is 24.3 Å². The van der Waals surface area contributed by atoms with Gasteiger partial charge >= 0.3 is 5.97 Å². The molecule has 548 valence electrons. The van der Waals surface area contributed by atoms with Gasteiger partial charge in [0.05, 0.1) is 5.84 Å². The average molecular weight is 1330 g/mol. The number of piperidine rings is 1. The number of benzene rings is 4. The van der Waals surface area contributed by atoms with Crippen molar-refractivity contribution in [2.24, 2.45) is 93.6 Å². The number of carboxylic acids is 1. The van der Waals surface area contributed by atoms with Crippen LogP contribution in [0.3, 0.4) is 0 Å². The fourth-order valence-corrected chi connectivity index (χ4v) is 8.65. The predicted octanol–water partition coefficient (Wildman–Crippen LogP) is 20.5. The average Bonchev–Trinajstić information content (AvgIpc) is 1.70. The van der Waals surface area contributed by atoms with E-state index in [9.17, 15) is 4.79 Å². The van der Waals surface area contributed by atoms with Gasteiger partial charge in [0.1, 0.15) is 0 Å². The van der Waals surface area contributed by atoms with Gasteiger partial charge in [-0.05, 0) is 151 Å². The number of guanidine groups is 1. The smallest absolute Gasteiger partial charge is 0.303 e. The summed E-state index contributed by atoms with van der Waals surface area (Å²) in [5, 5.41) is 25.0. The van der Waals surface area contributed by atoms with Crippen molar-refractivity contribution >= 4 is 45.6 Å². The van der Waals surface area contributed by atoms with Gasteiger partial charge in [0.15, 0.2) is 5.96 Å². The molecule has 13 nitrogen and oxygen atoms in total. The van der Waals surface area contributed by atoms with Gasteiger partial charge in [0.25, 0.3) is 0 Å². The quantitative estimate of drug-likeness (QED) is 0.0209. The molecule has 17 N–H and O–H groups in total. The molecule has 7 rings (SSSR count). The van der Waals surface area contributed by atoms with Crippen molar-refractivity contribution in [1.29, 1.82) is 10.8 Å². The second kappa shape index (κ2) is 60.0. The Balaban J connectivity index is -0.000000493. The van der Waals surface area contributed by atoms with Gasteiger partial charge in [0, 0.05) is 72.7 Å². The van der Waals surface area contributed by atoms with Gasteiger partial charge in [-0.3, -0.25) is 15.6 Å². The van der Waals surface area contributed by atoms with E-state index in [4.69, 9.17) is 50.3 Å². The van der Waals surface area contributed by atoms with Crippen molar-refractivity contribution < 1.29 is 9.90 Å². The number of aliphatic carboxylic acids is 1. The second-order valence-electron chi connectivity index (χ2n) is 29.6. The summed E-state index contributed by atoms with van der Waals surface area (Å²) < 4.78 is 0. The Kier molecular flexibility index (Phi) is 60.1. The van der Waals surface area contributed by atoms with Gasteiger partial charge in [-0.15, -0.1) is 0 Å². The number of nitrogens with two attached hydrogens (primary N) is 6. The molecule has 2 aromatic heterocycles. The lowest BCUT2D eigenvalue weighted by Crippen LogP contribution is -2.42. The summed E-state index contributed by atoms with van der Waals surface area (Å²) in [4.78, 5) is 18.3. The van der Waals surface area contributed by atoms with E-state index in [1.165, 1.54) is 69.7 Å². The van der Waals surface area contributed by atoms with Gasteiger partial charge in [-0.1, -0.05) is 281 Å². The van der Waals surface area contributed by atoms with Crippen molar-refractivity contribution in [3.8, 4) is 0 Å². The van der Waals surface area contributed by atoms with Gasteiger partial charge in [-0.2, -0.15) is 0 Å². The van der Waals surface area contributed by atoms with Crippen LogP contribution in [0.1, 0.15) is 245 Å². The molecule has 6 aromatic rings. The predicted molar refractivity (Wildman–Crippen MR) is 428 cm³/mol. The topological polar surface area (TPSA) is 276 Å². The van der Waals surface area contributed by atoms with Crippen LogP contribution in [0, 0.1) is 70.0 Å². The van der Waals surface area contributed by atoms with E-state index in [2.05, 4.69) is 277 Å². The Bertz CT molecular complexity index is 2750. The van der Waals surface area contributed by atoms with Crippen LogP contribution in [0.25, 0.3) is 27.9 Å². The molecule has 0 amide bonds. The van der Waals surface area contributed by atoms with E-state index in [0.717, 1.165) is 87.4 Å². The molecule has 3 heterocycles. The zero-order valence-electron chi connectivity index (χ0n) is 65.4. The summed E-state index contributed by atoms with van der Waals surface area (Å²) in [7, 11) is 0. The van der Waals surface area contributed by atoms with Crippen LogP contribution >= 0.6 is 0 Å². The van der Waals surface area contributed by atoms with E-state index in [1.54, 1.807) is 0 Å². The summed E-state index contributed by atoms with van der Waals surface area (Å²) in [6.45, 7) is 53.8. The molecule has 0 spiro atoms. The zero-order chi connectivity index (χ0) is 74.3. The van der Waals surface area contributed by atoms with Crippen molar-refractivity contribution in [1.82, 2.24) is 14.9 Å². The monoisotopic (exact) mass is 1330 g/mol. The number of aromatic nitrogens is 2. The lowest BCUT2D eigenvalue weighted by molar-refractivity contribution is -0.137. The Labute approximate surface area is 589 Å². The normalized spacial score (nSPS) is 12.0. The number of amidine groups is 1. The number of rotatable bonds is 19. The number of para-hydroxylation sites is 2. The first kappa shape index (κ1) is 96.1. The first-order valence-electron chi connectivity index (χ1n) is 36.4. The maximum absolute atomic E-state index is 9.81. The van der Waals surface area contributed by atoms with Crippen LogP contribution in [0.4, 0.5) is 0 Å². The van der Waals surface area contributed by atoms with Crippen LogP contribution in [0.15, 0.2) is 128 Å². The van der Waals surface area contributed by atoms with Gasteiger partial charge < -0.3 is 54.4 Å². The molecule has 1 unspecified atom stereocenters. The summed E-state index contributed by atoms with van der Waals surface area (Å²) >= 11 is 0. The van der Waals surface area contributed by atoms with Crippen molar-refractivity contribution in [2.45, 2.75) is 235 Å². The lowest BCUT2D eigenvalue weighted by atomic mass is 9.87. The molecule has 13 heteroatoms. The number of unbranched alkanes of at least 4 members (excludes halogenated alkanes) is 1. The highest BCUT2D eigenvalue weighted by Gasteiger charge is 2.21. The number of allylic oxidation sites excluding steroid dienone is 1. The maximum atomic E-state index is 9.81. The number of nitrogens with one attached hydrogen (secondary N) is 4. The van der Waals surface area contributed by atoms with Crippen LogP contribution in [0.2, 0.25) is 0 Å². The summed E-state index contributed by atoms with van der Waals surface area (Å²) in [5.41, 5.74) is 39.8. The van der Waals surface area contributed by atoms with Crippen LogP contribution in [0.5, 0.6) is 0 Å². The summed E-state index contributed by atoms with van der Waals surface area (Å²) in [5.74, 6) is 7.91. The molecule has 1 aliphatic rings. The number of hydrogen-bond donors (Lipinski definition) is 11. The molecule has 1 saturated heterocycles. The minimum absolute atomic E-state index is 0.181. The molecule has 4 aromatic carbocycles. The highest BCUT2D eigenvalue weighted by Crippen LogP contribution is 2.26. The Morgan fingerprint density at radius 2 is 1.03 bits per heavy atom. The van der Waals surface area contributed by atoms with Crippen molar-refractivity contribution in [3.63, 3.8) is 0 Å². The highest BCUT2D eigenvalue weighted by atomic mass is 16.4. The third kappa shape index (κ3) is 57.9. The number of aromatic amines is 2. The van der Waals surface area contributed by atoms with E-state index < -0.39 is 5.97 Å². The number of likely N-dealkylation sites (tertiary alicyclic amines) is 1. The number of nitrogens with zero attached hydrogens (tertiary/aromatic N) is 1. The molecule has 1 aliphatic heterocycles. The fraction of sp³-hybridized carbons (Fsp3) is 0.602. The number of carbonyl (C=O) groups is 1. The minimum Gasteiger partial charge on any atom is -0.481 e.